The van der Waals surface area contributed by atoms with Crippen molar-refractivity contribution in [2.24, 2.45) is 5.92 Å². The van der Waals surface area contributed by atoms with E-state index in [1.54, 1.807) is 0 Å². The van der Waals surface area contributed by atoms with E-state index in [4.69, 9.17) is 4.74 Å². The van der Waals surface area contributed by atoms with Gasteiger partial charge in [0, 0.05) is 13.2 Å². The van der Waals surface area contributed by atoms with Crippen molar-refractivity contribution in [3.05, 3.63) is 0 Å². The number of carbonyl (C=O) groups is 1. The van der Waals surface area contributed by atoms with E-state index < -0.39 is 0 Å². The van der Waals surface area contributed by atoms with Gasteiger partial charge in [-0.2, -0.15) is 0 Å². The van der Waals surface area contributed by atoms with Crippen LogP contribution in [-0.4, -0.2) is 38.3 Å². The molecule has 0 aromatic heterocycles. The minimum absolute atomic E-state index is 0.171. The number of hydrogen-bond donors (Lipinski definition) is 2. The minimum Gasteiger partial charge on any atom is -0.379 e. The molecule has 2 aliphatic rings. The van der Waals surface area contributed by atoms with Crippen LogP contribution in [-0.2, 0) is 9.53 Å². The molecule has 1 amide bonds. The summed E-state index contributed by atoms with van der Waals surface area (Å²) in [6.45, 7) is 3.36. The van der Waals surface area contributed by atoms with Gasteiger partial charge >= 0.3 is 0 Å². The molecular formula is C10H18N2O2. The summed E-state index contributed by atoms with van der Waals surface area (Å²) < 4.78 is 5.21. The van der Waals surface area contributed by atoms with Crippen LogP contribution in [0.3, 0.4) is 0 Å². The van der Waals surface area contributed by atoms with Gasteiger partial charge in [-0.05, 0) is 25.8 Å². The number of piperidine rings is 1. The zero-order valence-corrected chi connectivity index (χ0v) is 8.42. The Morgan fingerprint density at radius 3 is 3.00 bits per heavy atom. The Balaban J connectivity index is 1.75. The molecule has 0 aliphatic carbocycles. The molecule has 0 aromatic carbocycles. The van der Waals surface area contributed by atoms with E-state index >= 15 is 0 Å². The van der Waals surface area contributed by atoms with E-state index in [0.29, 0.717) is 6.61 Å². The van der Waals surface area contributed by atoms with E-state index in [-0.39, 0.29) is 17.9 Å². The largest absolute Gasteiger partial charge is 0.379 e. The van der Waals surface area contributed by atoms with Crippen LogP contribution in [0.25, 0.3) is 0 Å². The minimum atomic E-state index is 0.171. The average molecular weight is 198 g/mol. The molecule has 0 spiro atoms. The lowest BCUT2D eigenvalue weighted by molar-refractivity contribution is -0.126. The second kappa shape index (κ2) is 4.75. The monoisotopic (exact) mass is 198 g/mol. The molecule has 2 aliphatic heterocycles. The Kier molecular flexibility index (Phi) is 3.37. The summed E-state index contributed by atoms with van der Waals surface area (Å²) in [6, 6.07) is 0.254. The van der Waals surface area contributed by atoms with Crippen LogP contribution in [0.1, 0.15) is 19.3 Å². The fourth-order valence-electron chi connectivity index (χ4n) is 2.04. The number of carbonyl (C=O) groups excluding carboxylic acids is 1. The smallest absolute Gasteiger partial charge is 0.224 e. The van der Waals surface area contributed by atoms with Crippen LogP contribution in [0.15, 0.2) is 0 Å². The third kappa shape index (κ3) is 2.45. The highest BCUT2D eigenvalue weighted by Gasteiger charge is 2.24. The van der Waals surface area contributed by atoms with Crippen molar-refractivity contribution in [2.45, 2.75) is 25.3 Å². The quantitative estimate of drug-likeness (QED) is 0.651. The van der Waals surface area contributed by atoms with Crippen molar-refractivity contribution in [1.82, 2.24) is 10.6 Å². The van der Waals surface area contributed by atoms with Crippen molar-refractivity contribution in [1.29, 1.82) is 0 Å². The maximum absolute atomic E-state index is 11.7. The van der Waals surface area contributed by atoms with Gasteiger partial charge < -0.3 is 15.4 Å². The molecule has 2 atom stereocenters. The van der Waals surface area contributed by atoms with Gasteiger partial charge in [0.2, 0.25) is 5.91 Å². The number of nitrogens with one attached hydrogen (secondary N) is 2. The van der Waals surface area contributed by atoms with Crippen LogP contribution >= 0.6 is 0 Å². The summed E-state index contributed by atoms with van der Waals surface area (Å²) in [5, 5.41) is 6.29. The first-order valence-corrected chi connectivity index (χ1v) is 5.45. The Morgan fingerprint density at radius 1 is 1.43 bits per heavy atom. The summed E-state index contributed by atoms with van der Waals surface area (Å²) >= 11 is 0. The van der Waals surface area contributed by atoms with Gasteiger partial charge in [0.15, 0.2) is 0 Å². The number of hydrogen-bond acceptors (Lipinski definition) is 3. The average Bonchev–Trinajstić information content (AvgIpc) is 2.72. The molecule has 1 unspecified atom stereocenters. The van der Waals surface area contributed by atoms with Gasteiger partial charge in [-0.15, -0.1) is 0 Å². The molecule has 80 valence electrons. The lowest BCUT2D eigenvalue weighted by Crippen LogP contribution is -2.44. The lowest BCUT2D eigenvalue weighted by atomic mass is 9.98. The predicted molar refractivity (Wildman–Crippen MR) is 53.0 cm³/mol. The number of ether oxygens (including phenoxy) is 1. The van der Waals surface area contributed by atoms with Crippen molar-refractivity contribution in [3.8, 4) is 0 Å². The fourth-order valence-corrected chi connectivity index (χ4v) is 2.04. The molecule has 0 aromatic rings. The van der Waals surface area contributed by atoms with Gasteiger partial charge in [0.25, 0.3) is 0 Å². The van der Waals surface area contributed by atoms with E-state index in [1.165, 1.54) is 0 Å². The molecule has 2 N–H and O–H groups in total. The fraction of sp³-hybridized carbons (Fsp3) is 0.900. The molecule has 4 heteroatoms. The van der Waals surface area contributed by atoms with Gasteiger partial charge in [-0.3, -0.25) is 4.79 Å². The van der Waals surface area contributed by atoms with Crippen LogP contribution in [0.5, 0.6) is 0 Å². The van der Waals surface area contributed by atoms with Gasteiger partial charge in [-0.25, -0.2) is 0 Å². The standard InChI is InChI=1S/C10H18N2O2/c13-10(8-2-1-4-11-6-8)12-9-3-5-14-7-9/h8-9,11H,1-7H2,(H,12,13)/t8-,9?/m1/s1. The van der Waals surface area contributed by atoms with Crippen molar-refractivity contribution >= 4 is 5.91 Å². The molecule has 2 saturated heterocycles. The molecular weight excluding hydrogens is 180 g/mol. The third-order valence-electron chi connectivity index (χ3n) is 2.94. The van der Waals surface area contributed by atoms with Crippen molar-refractivity contribution < 1.29 is 9.53 Å². The molecule has 2 rings (SSSR count). The first-order chi connectivity index (χ1) is 6.86. The molecule has 4 nitrogen and oxygen atoms in total. The highest BCUT2D eigenvalue weighted by Crippen LogP contribution is 2.11. The van der Waals surface area contributed by atoms with E-state index in [9.17, 15) is 4.79 Å². The Bertz CT molecular complexity index is 196. The second-order valence-electron chi connectivity index (χ2n) is 4.11. The molecule has 0 radical (unpaired) electrons. The van der Waals surface area contributed by atoms with Crippen molar-refractivity contribution in [3.63, 3.8) is 0 Å². The van der Waals surface area contributed by atoms with Gasteiger partial charge in [0.05, 0.1) is 18.6 Å². The van der Waals surface area contributed by atoms with Crippen molar-refractivity contribution in [2.75, 3.05) is 26.3 Å². The summed E-state index contributed by atoms with van der Waals surface area (Å²) in [5.41, 5.74) is 0. The molecule has 0 saturated carbocycles. The number of rotatable bonds is 2. The molecule has 0 bridgehead atoms. The van der Waals surface area contributed by atoms with Crippen LogP contribution in [0.4, 0.5) is 0 Å². The highest BCUT2D eigenvalue weighted by atomic mass is 16.5. The molecule has 2 heterocycles. The summed E-state index contributed by atoms with van der Waals surface area (Å²) in [6.07, 6.45) is 3.09. The maximum atomic E-state index is 11.7. The number of amides is 1. The zero-order valence-electron chi connectivity index (χ0n) is 8.42. The summed E-state index contributed by atoms with van der Waals surface area (Å²) in [5.74, 6) is 0.372. The first-order valence-electron chi connectivity index (χ1n) is 5.45. The Morgan fingerprint density at radius 2 is 2.36 bits per heavy atom. The Hall–Kier alpha value is -0.610. The normalized spacial score (nSPS) is 32.9. The van der Waals surface area contributed by atoms with E-state index in [1.807, 2.05) is 0 Å². The summed E-state index contributed by atoms with van der Waals surface area (Å²) in [4.78, 5) is 11.7. The van der Waals surface area contributed by atoms with Crippen LogP contribution in [0, 0.1) is 5.92 Å². The maximum Gasteiger partial charge on any atom is 0.224 e. The second-order valence-corrected chi connectivity index (χ2v) is 4.11. The predicted octanol–water partition coefficient (Wildman–Crippen LogP) is -0.109. The van der Waals surface area contributed by atoms with Gasteiger partial charge in [0.1, 0.15) is 0 Å². The first kappa shape index (κ1) is 9.93. The van der Waals surface area contributed by atoms with E-state index in [0.717, 1.165) is 39.0 Å². The third-order valence-corrected chi connectivity index (χ3v) is 2.94. The Labute approximate surface area is 84.4 Å². The van der Waals surface area contributed by atoms with E-state index in [2.05, 4.69) is 10.6 Å². The topological polar surface area (TPSA) is 50.4 Å². The summed E-state index contributed by atoms with van der Waals surface area (Å²) in [7, 11) is 0. The lowest BCUT2D eigenvalue weighted by Gasteiger charge is -2.23. The zero-order chi connectivity index (χ0) is 9.80. The molecule has 2 fully saturated rings. The highest BCUT2D eigenvalue weighted by molar-refractivity contribution is 5.79. The van der Waals surface area contributed by atoms with Crippen LogP contribution < -0.4 is 10.6 Å². The molecule has 14 heavy (non-hydrogen) atoms. The van der Waals surface area contributed by atoms with Gasteiger partial charge in [-0.1, -0.05) is 0 Å². The SMILES string of the molecule is O=C(NC1CCOC1)[C@@H]1CCCNC1. The van der Waals surface area contributed by atoms with Crippen LogP contribution in [0.2, 0.25) is 0 Å².